The lowest BCUT2D eigenvalue weighted by Crippen LogP contribution is -2.66. The number of aliphatic hydroxyl groups is 3. The highest BCUT2D eigenvalue weighted by atomic mass is 16.6. The maximum atomic E-state index is 12.0. The van der Waals surface area contributed by atoms with Crippen molar-refractivity contribution in [2.45, 2.75) is 95.9 Å². The first-order chi connectivity index (χ1) is 12.8. The smallest absolute Gasteiger partial charge is 0.306 e. The number of rotatable bonds is 9. The van der Waals surface area contributed by atoms with E-state index < -0.39 is 54.5 Å². The van der Waals surface area contributed by atoms with Crippen LogP contribution >= 0.6 is 0 Å². The molecule has 0 aromatic rings. The molecule has 1 aliphatic carbocycles. The Bertz CT molecular complexity index is 473. The van der Waals surface area contributed by atoms with Gasteiger partial charge in [-0.3, -0.25) is 14.4 Å². The fourth-order valence-electron chi connectivity index (χ4n) is 2.82. The lowest BCUT2D eigenvalue weighted by Gasteiger charge is -2.44. The Morgan fingerprint density at radius 3 is 1.19 bits per heavy atom. The summed E-state index contributed by atoms with van der Waals surface area (Å²) in [6, 6.07) is 0. The first kappa shape index (κ1) is 23.3. The molecule has 1 aliphatic rings. The average molecular weight is 390 g/mol. The number of aliphatic hydroxyl groups excluding tert-OH is 3. The van der Waals surface area contributed by atoms with Crippen molar-refractivity contribution in [2.24, 2.45) is 0 Å². The van der Waals surface area contributed by atoms with Crippen LogP contribution in [-0.4, -0.2) is 69.9 Å². The van der Waals surface area contributed by atoms with Crippen molar-refractivity contribution >= 4 is 17.9 Å². The quantitative estimate of drug-likeness (QED) is 0.372. The fraction of sp³-hybridized carbons (Fsp3) is 0.833. The third-order valence-electron chi connectivity index (χ3n) is 4.19. The minimum absolute atomic E-state index is 0.0521. The normalized spacial score (nSPS) is 30.4. The van der Waals surface area contributed by atoms with Crippen molar-refractivity contribution in [1.29, 1.82) is 0 Å². The Kier molecular flexibility index (Phi) is 9.68. The van der Waals surface area contributed by atoms with E-state index in [0.29, 0.717) is 19.3 Å². The van der Waals surface area contributed by atoms with Gasteiger partial charge in [-0.15, -0.1) is 0 Å². The summed E-state index contributed by atoms with van der Waals surface area (Å²) < 4.78 is 15.7. The minimum Gasteiger partial charge on any atom is -0.455 e. The van der Waals surface area contributed by atoms with Gasteiger partial charge in [0.2, 0.25) is 0 Å². The van der Waals surface area contributed by atoms with Gasteiger partial charge in [-0.1, -0.05) is 20.8 Å². The van der Waals surface area contributed by atoms with Gasteiger partial charge in [0.05, 0.1) is 0 Å². The van der Waals surface area contributed by atoms with E-state index >= 15 is 0 Å². The van der Waals surface area contributed by atoms with E-state index in [1.54, 1.807) is 20.8 Å². The maximum Gasteiger partial charge on any atom is 0.306 e. The highest BCUT2D eigenvalue weighted by Crippen LogP contribution is 2.29. The zero-order valence-electron chi connectivity index (χ0n) is 16.0. The summed E-state index contributed by atoms with van der Waals surface area (Å²) in [4.78, 5) is 35.8. The molecule has 1 fully saturated rings. The summed E-state index contributed by atoms with van der Waals surface area (Å²) in [6.07, 6.45) is -7.91. The summed E-state index contributed by atoms with van der Waals surface area (Å²) in [5.74, 6) is -1.99. The lowest BCUT2D eigenvalue weighted by molar-refractivity contribution is -0.248. The fourth-order valence-corrected chi connectivity index (χ4v) is 2.82. The van der Waals surface area contributed by atoms with Crippen LogP contribution < -0.4 is 0 Å². The van der Waals surface area contributed by atoms with Crippen LogP contribution in [0.25, 0.3) is 0 Å². The van der Waals surface area contributed by atoms with Crippen LogP contribution in [0, 0.1) is 0 Å². The Morgan fingerprint density at radius 2 is 0.889 bits per heavy atom. The van der Waals surface area contributed by atoms with Gasteiger partial charge in [-0.05, 0) is 19.3 Å². The number of hydrogen-bond donors (Lipinski definition) is 3. The second-order valence-corrected chi connectivity index (χ2v) is 6.59. The van der Waals surface area contributed by atoms with Crippen molar-refractivity contribution in [3.05, 3.63) is 0 Å². The molecule has 156 valence electrons. The maximum absolute atomic E-state index is 12.0. The molecule has 0 spiro atoms. The topological polar surface area (TPSA) is 140 Å². The van der Waals surface area contributed by atoms with Crippen LogP contribution in [0.2, 0.25) is 0 Å². The van der Waals surface area contributed by atoms with Crippen molar-refractivity contribution in [3.8, 4) is 0 Å². The van der Waals surface area contributed by atoms with E-state index in [2.05, 4.69) is 0 Å². The molecule has 0 aliphatic heterocycles. The summed E-state index contributed by atoms with van der Waals surface area (Å²) in [7, 11) is 0. The first-order valence-corrected chi connectivity index (χ1v) is 9.39. The van der Waals surface area contributed by atoms with E-state index in [9.17, 15) is 29.7 Å². The first-order valence-electron chi connectivity index (χ1n) is 9.39. The Hall–Kier alpha value is -1.71. The number of esters is 3. The molecule has 1 rings (SSSR count). The van der Waals surface area contributed by atoms with Crippen LogP contribution in [0.15, 0.2) is 0 Å². The molecular weight excluding hydrogens is 360 g/mol. The van der Waals surface area contributed by atoms with E-state index in [4.69, 9.17) is 14.2 Å². The molecule has 0 heterocycles. The minimum atomic E-state index is -1.75. The van der Waals surface area contributed by atoms with Crippen LogP contribution in [0.1, 0.15) is 59.3 Å². The number of hydrogen-bond acceptors (Lipinski definition) is 9. The van der Waals surface area contributed by atoms with Gasteiger partial charge in [0.15, 0.2) is 18.3 Å². The second-order valence-electron chi connectivity index (χ2n) is 6.59. The molecule has 27 heavy (non-hydrogen) atoms. The SMILES string of the molecule is CCCC(=O)O[C@H]1[C@H](OC(=O)CCC)[C@H](O)[C@H](O)[C@@H](O)[C@@H]1OC(=O)CCC. The highest BCUT2D eigenvalue weighted by molar-refractivity contribution is 5.71. The van der Waals surface area contributed by atoms with Crippen molar-refractivity contribution in [3.63, 3.8) is 0 Å². The van der Waals surface area contributed by atoms with E-state index in [1.807, 2.05) is 0 Å². The van der Waals surface area contributed by atoms with E-state index in [0.717, 1.165) is 0 Å². The van der Waals surface area contributed by atoms with Crippen LogP contribution in [0.5, 0.6) is 0 Å². The molecule has 0 aromatic heterocycles. The molecule has 0 amide bonds. The molecule has 6 atom stereocenters. The summed E-state index contributed by atoms with van der Waals surface area (Å²) in [6.45, 7) is 5.27. The van der Waals surface area contributed by atoms with Crippen LogP contribution in [0.4, 0.5) is 0 Å². The van der Waals surface area contributed by atoms with Gasteiger partial charge in [-0.25, -0.2) is 0 Å². The molecule has 0 aromatic carbocycles. The lowest BCUT2D eigenvalue weighted by atomic mass is 9.84. The average Bonchev–Trinajstić information content (AvgIpc) is 2.60. The molecule has 0 saturated heterocycles. The monoisotopic (exact) mass is 390 g/mol. The highest BCUT2D eigenvalue weighted by Gasteiger charge is 2.55. The zero-order chi connectivity index (χ0) is 20.6. The number of carbonyl (C=O) groups is 3. The number of ether oxygens (including phenoxy) is 3. The molecule has 0 radical (unpaired) electrons. The van der Waals surface area contributed by atoms with E-state index in [1.165, 1.54) is 0 Å². The van der Waals surface area contributed by atoms with Gasteiger partial charge >= 0.3 is 17.9 Å². The Morgan fingerprint density at radius 1 is 0.593 bits per heavy atom. The summed E-state index contributed by atoms with van der Waals surface area (Å²) >= 11 is 0. The predicted octanol–water partition coefficient (Wildman–Crippen LogP) is 0.218. The van der Waals surface area contributed by atoms with Crippen molar-refractivity contribution in [2.75, 3.05) is 0 Å². The Balaban J connectivity index is 3.14. The summed E-state index contributed by atoms with van der Waals surface area (Å²) in [5, 5.41) is 30.7. The molecule has 9 nitrogen and oxygen atoms in total. The Labute approximate surface area is 158 Å². The molecule has 0 unspecified atom stereocenters. The third-order valence-corrected chi connectivity index (χ3v) is 4.19. The molecular formula is C18H30O9. The molecule has 1 saturated carbocycles. The van der Waals surface area contributed by atoms with Crippen molar-refractivity contribution < 1.29 is 43.9 Å². The van der Waals surface area contributed by atoms with Crippen molar-refractivity contribution in [1.82, 2.24) is 0 Å². The van der Waals surface area contributed by atoms with Gasteiger partial charge in [0.25, 0.3) is 0 Å². The van der Waals surface area contributed by atoms with Gasteiger partial charge in [0.1, 0.15) is 18.3 Å². The van der Waals surface area contributed by atoms with E-state index in [-0.39, 0.29) is 19.3 Å². The van der Waals surface area contributed by atoms with Crippen LogP contribution in [0.3, 0.4) is 0 Å². The largest absolute Gasteiger partial charge is 0.455 e. The predicted molar refractivity (Wildman–Crippen MR) is 92.4 cm³/mol. The van der Waals surface area contributed by atoms with Crippen LogP contribution in [-0.2, 0) is 28.6 Å². The summed E-state index contributed by atoms with van der Waals surface area (Å²) in [5.41, 5.74) is 0. The van der Waals surface area contributed by atoms with Gasteiger partial charge in [-0.2, -0.15) is 0 Å². The molecule has 3 N–H and O–H groups in total. The molecule has 9 heteroatoms. The number of carbonyl (C=O) groups excluding carboxylic acids is 3. The van der Waals surface area contributed by atoms with Gasteiger partial charge < -0.3 is 29.5 Å². The standard InChI is InChI=1S/C18H30O9/c1-4-7-10(19)25-16-14(23)13(22)15(24)17(26-11(20)8-5-2)18(16)27-12(21)9-6-3/h13-18,22-24H,4-9H2,1-3H3/t13-,14-,15-,16+,17-,18-/m1/s1. The third kappa shape index (κ3) is 6.44. The zero-order valence-corrected chi connectivity index (χ0v) is 16.0. The van der Waals surface area contributed by atoms with Gasteiger partial charge in [0, 0.05) is 19.3 Å². The second kappa shape index (κ2) is 11.2. The molecule has 0 bridgehead atoms.